The number of hydrogen-bond donors (Lipinski definition) is 1. The molecule has 0 amide bonds. The topological polar surface area (TPSA) is 50.4 Å². The number of phenolic OH excluding ortho intramolecular Hbond substituents is 1. The van der Waals surface area contributed by atoms with Gasteiger partial charge in [0.25, 0.3) is 0 Å². The van der Waals surface area contributed by atoms with Crippen molar-refractivity contribution >= 4 is 11.0 Å². The predicted octanol–water partition coefficient (Wildman–Crippen LogP) is 3.15. The fourth-order valence-corrected chi connectivity index (χ4v) is 1.87. The third kappa shape index (κ3) is 2.18. The average Bonchev–Trinajstić information content (AvgIpc) is 2.32. The average molecular weight is 232 g/mol. The van der Waals surface area contributed by atoms with E-state index in [4.69, 9.17) is 4.42 Å². The Morgan fingerprint density at radius 1 is 1.35 bits per heavy atom. The molecule has 0 atom stereocenters. The van der Waals surface area contributed by atoms with Gasteiger partial charge in [0.2, 0.25) is 0 Å². The first kappa shape index (κ1) is 11.7. The molecule has 0 aliphatic heterocycles. The van der Waals surface area contributed by atoms with Crippen LogP contribution in [0, 0.1) is 6.92 Å². The van der Waals surface area contributed by atoms with Crippen molar-refractivity contribution in [3.05, 3.63) is 39.7 Å². The molecule has 17 heavy (non-hydrogen) atoms. The summed E-state index contributed by atoms with van der Waals surface area (Å²) in [6, 6.07) is 3.28. The minimum atomic E-state index is -0.0241. The van der Waals surface area contributed by atoms with Crippen LogP contribution in [0.1, 0.15) is 30.9 Å². The molecule has 2 rings (SSSR count). The predicted molar refractivity (Wildman–Crippen MR) is 67.5 cm³/mol. The highest BCUT2D eigenvalue weighted by Gasteiger charge is 2.09. The van der Waals surface area contributed by atoms with Gasteiger partial charge in [0, 0.05) is 11.6 Å². The normalized spacial score (nSPS) is 10.9. The molecule has 0 unspecified atom stereocenters. The second-order valence-corrected chi connectivity index (χ2v) is 4.33. The summed E-state index contributed by atoms with van der Waals surface area (Å²) in [6.45, 7) is 3.82. The molecule has 0 fully saturated rings. The zero-order valence-electron chi connectivity index (χ0n) is 10.1. The number of phenols is 1. The van der Waals surface area contributed by atoms with E-state index in [1.165, 1.54) is 12.3 Å². The molecule has 0 aliphatic rings. The first-order valence-corrected chi connectivity index (χ1v) is 5.87. The Kier molecular flexibility index (Phi) is 3.18. The first-order chi connectivity index (χ1) is 8.13. The van der Waals surface area contributed by atoms with Gasteiger partial charge in [0.1, 0.15) is 11.3 Å². The van der Waals surface area contributed by atoms with Crippen LogP contribution < -0.4 is 5.43 Å². The molecule has 0 bridgehead atoms. The Balaban J connectivity index is 2.61. The molecule has 90 valence electrons. The maximum absolute atomic E-state index is 11.9. The Labute approximate surface area is 99.7 Å². The van der Waals surface area contributed by atoms with E-state index in [9.17, 15) is 9.90 Å². The summed E-state index contributed by atoms with van der Waals surface area (Å²) >= 11 is 0. The summed E-state index contributed by atoms with van der Waals surface area (Å²) in [5.41, 5.74) is 1.82. The zero-order valence-corrected chi connectivity index (χ0v) is 10.1. The van der Waals surface area contributed by atoms with Crippen molar-refractivity contribution in [1.29, 1.82) is 0 Å². The van der Waals surface area contributed by atoms with E-state index in [1.54, 1.807) is 13.0 Å². The molecule has 1 N–H and O–H groups in total. The molecular formula is C14H16O3. The molecule has 2 aromatic rings. The van der Waals surface area contributed by atoms with Gasteiger partial charge in [-0.2, -0.15) is 0 Å². The standard InChI is InChI=1S/C14H16O3/c1-3-4-5-10-6-11-13(7-12(10)15)17-8-9(2)14(11)16/h6-8,15H,3-5H2,1-2H3. The van der Waals surface area contributed by atoms with Gasteiger partial charge < -0.3 is 9.52 Å². The fraction of sp³-hybridized carbons (Fsp3) is 0.357. The number of unbranched alkanes of at least 4 members (excludes halogenated alkanes) is 1. The third-order valence-electron chi connectivity index (χ3n) is 2.95. The van der Waals surface area contributed by atoms with Crippen LogP contribution in [0.15, 0.2) is 27.6 Å². The lowest BCUT2D eigenvalue weighted by Crippen LogP contribution is -2.05. The quantitative estimate of drug-likeness (QED) is 0.884. The Morgan fingerprint density at radius 3 is 2.82 bits per heavy atom. The van der Waals surface area contributed by atoms with Gasteiger partial charge in [0.15, 0.2) is 5.43 Å². The highest BCUT2D eigenvalue weighted by Crippen LogP contribution is 2.25. The second-order valence-electron chi connectivity index (χ2n) is 4.33. The zero-order chi connectivity index (χ0) is 12.4. The number of aryl methyl sites for hydroxylation is 2. The van der Waals surface area contributed by atoms with Gasteiger partial charge in [-0.25, -0.2) is 0 Å². The van der Waals surface area contributed by atoms with E-state index in [2.05, 4.69) is 6.92 Å². The van der Waals surface area contributed by atoms with E-state index in [1.807, 2.05) is 0 Å². The summed E-state index contributed by atoms with van der Waals surface area (Å²) in [7, 11) is 0. The fourth-order valence-electron chi connectivity index (χ4n) is 1.87. The van der Waals surface area contributed by atoms with Crippen LogP contribution in [-0.2, 0) is 6.42 Å². The molecular weight excluding hydrogens is 216 g/mol. The third-order valence-corrected chi connectivity index (χ3v) is 2.95. The Bertz CT molecular complexity index is 596. The molecule has 1 aromatic heterocycles. The molecule has 3 heteroatoms. The van der Waals surface area contributed by atoms with Gasteiger partial charge in [0.05, 0.1) is 11.6 Å². The summed E-state index contributed by atoms with van der Waals surface area (Å²) < 4.78 is 5.30. The van der Waals surface area contributed by atoms with Crippen molar-refractivity contribution in [1.82, 2.24) is 0 Å². The molecule has 1 heterocycles. The van der Waals surface area contributed by atoms with Gasteiger partial charge >= 0.3 is 0 Å². The summed E-state index contributed by atoms with van der Waals surface area (Å²) in [5, 5.41) is 10.4. The monoisotopic (exact) mass is 232 g/mol. The first-order valence-electron chi connectivity index (χ1n) is 5.87. The molecule has 3 nitrogen and oxygen atoms in total. The van der Waals surface area contributed by atoms with E-state index in [0.29, 0.717) is 16.5 Å². The summed E-state index contributed by atoms with van der Waals surface area (Å²) in [4.78, 5) is 11.9. The molecule has 0 saturated heterocycles. The number of benzene rings is 1. The van der Waals surface area contributed by atoms with Crippen LogP contribution in [0.3, 0.4) is 0 Å². The van der Waals surface area contributed by atoms with Crippen molar-refractivity contribution in [3.8, 4) is 5.75 Å². The van der Waals surface area contributed by atoms with Gasteiger partial charge in [-0.05, 0) is 31.4 Å². The second kappa shape index (κ2) is 4.62. The van der Waals surface area contributed by atoms with Crippen LogP contribution in [0.2, 0.25) is 0 Å². The lowest BCUT2D eigenvalue weighted by Gasteiger charge is -2.05. The van der Waals surface area contributed by atoms with Gasteiger partial charge in [-0.15, -0.1) is 0 Å². The van der Waals surface area contributed by atoms with E-state index in [0.717, 1.165) is 24.8 Å². The number of fused-ring (bicyclic) bond motifs is 1. The van der Waals surface area contributed by atoms with Gasteiger partial charge in [-0.3, -0.25) is 4.79 Å². The number of rotatable bonds is 3. The van der Waals surface area contributed by atoms with Crippen molar-refractivity contribution in [2.24, 2.45) is 0 Å². The molecule has 0 saturated carbocycles. The highest BCUT2D eigenvalue weighted by atomic mass is 16.3. The van der Waals surface area contributed by atoms with Crippen LogP contribution in [0.5, 0.6) is 5.75 Å². The molecule has 0 radical (unpaired) electrons. The highest BCUT2D eigenvalue weighted by molar-refractivity contribution is 5.79. The molecule has 0 aliphatic carbocycles. The van der Waals surface area contributed by atoms with E-state index >= 15 is 0 Å². The Morgan fingerprint density at radius 2 is 2.12 bits per heavy atom. The van der Waals surface area contributed by atoms with Gasteiger partial charge in [-0.1, -0.05) is 13.3 Å². The molecule has 0 spiro atoms. The smallest absolute Gasteiger partial charge is 0.195 e. The van der Waals surface area contributed by atoms with Crippen LogP contribution in [0.4, 0.5) is 0 Å². The SMILES string of the molecule is CCCCc1cc2c(=O)c(C)coc2cc1O. The van der Waals surface area contributed by atoms with Crippen LogP contribution in [0.25, 0.3) is 11.0 Å². The largest absolute Gasteiger partial charge is 0.508 e. The number of hydrogen-bond acceptors (Lipinski definition) is 3. The van der Waals surface area contributed by atoms with Crippen LogP contribution >= 0.6 is 0 Å². The maximum Gasteiger partial charge on any atom is 0.195 e. The van der Waals surface area contributed by atoms with Crippen molar-refractivity contribution in [2.45, 2.75) is 33.1 Å². The lowest BCUT2D eigenvalue weighted by atomic mass is 10.0. The van der Waals surface area contributed by atoms with Crippen molar-refractivity contribution < 1.29 is 9.52 Å². The number of aromatic hydroxyl groups is 1. The summed E-state index contributed by atoms with van der Waals surface area (Å²) in [6.07, 6.45) is 4.26. The molecule has 1 aromatic carbocycles. The minimum Gasteiger partial charge on any atom is -0.508 e. The summed E-state index contributed by atoms with van der Waals surface area (Å²) in [5.74, 6) is 0.206. The Hall–Kier alpha value is -1.77. The lowest BCUT2D eigenvalue weighted by molar-refractivity contribution is 0.465. The van der Waals surface area contributed by atoms with Crippen LogP contribution in [-0.4, -0.2) is 5.11 Å². The maximum atomic E-state index is 11.9. The van der Waals surface area contributed by atoms with Crippen molar-refractivity contribution in [3.63, 3.8) is 0 Å². The van der Waals surface area contributed by atoms with E-state index < -0.39 is 0 Å². The van der Waals surface area contributed by atoms with Crippen molar-refractivity contribution in [2.75, 3.05) is 0 Å². The van der Waals surface area contributed by atoms with E-state index in [-0.39, 0.29) is 11.2 Å². The minimum absolute atomic E-state index is 0.0241.